The molecule has 1 fully saturated rings. The predicted octanol–water partition coefficient (Wildman–Crippen LogP) is 6.21. The number of carbonyl (C=O) groups excluding carboxylic acids is 1. The van der Waals surface area contributed by atoms with Crippen molar-refractivity contribution in [2.75, 3.05) is 59.0 Å². The SMILES string of the molecule is CCCN(CCC)CCCOc1ccc(CCN2CCN(C(=O)c3ccc(C(F)(F)F)cc3)CC2)c(C)c1C. The highest BCUT2D eigenvalue weighted by molar-refractivity contribution is 5.94. The lowest BCUT2D eigenvalue weighted by Gasteiger charge is -2.35. The van der Waals surface area contributed by atoms with Crippen LogP contribution in [-0.2, 0) is 12.6 Å². The molecule has 1 heterocycles. The van der Waals surface area contributed by atoms with Gasteiger partial charge in [0.25, 0.3) is 5.91 Å². The van der Waals surface area contributed by atoms with E-state index in [4.69, 9.17) is 4.74 Å². The van der Waals surface area contributed by atoms with Gasteiger partial charge in [0.15, 0.2) is 0 Å². The zero-order chi connectivity index (χ0) is 28.4. The molecule has 216 valence electrons. The Morgan fingerprint density at radius 3 is 2.13 bits per heavy atom. The number of hydrogen-bond donors (Lipinski definition) is 0. The first-order valence-corrected chi connectivity index (χ1v) is 14.3. The third-order valence-corrected chi connectivity index (χ3v) is 7.62. The average molecular weight is 548 g/mol. The van der Waals surface area contributed by atoms with Gasteiger partial charge in [0, 0.05) is 44.8 Å². The van der Waals surface area contributed by atoms with Gasteiger partial charge in [-0.05, 0) is 99.6 Å². The van der Waals surface area contributed by atoms with Gasteiger partial charge in [0.1, 0.15) is 5.75 Å². The summed E-state index contributed by atoms with van der Waals surface area (Å²) in [5.74, 6) is 0.748. The molecular weight excluding hydrogens is 503 g/mol. The Balaban J connectivity index is 1.44. The molecule has 1 aliphatic rings. The summed E-state index contributed by atoms with van der Waals surface area (Å²) in [5, 5.41) is 0. The van der Waals surface area contributed by atoms with Crippen LogP contribution in [0.3, 0.4) is 0 Å². The molecule has 0 spiro atoms. The summed E-state index contributed by atoms with van der Waals surface area (Å²) in [5.41, 5.74) is 3.32. The molecule has 1 aliphatic heterocycles. The second kappa shape index (κ2) is 14.7. The normalized spacial score (nSPS) is 14.7. The molecule has 1 amide bonds. The van der Waals surface area contributed by atoms with Crippen LogP contribution in [0.25, 0.3) is 0 Å². The van der Waals surface area contributed by atoms with Gasteiger partial charge in [-0.15, -0.1) is 0 Å². The second-order valence-electron chi connectivity index (χ2n) is 10.5. The molecule has 0 atom stereocenters. The number of halogens is 3. The number of hydrogen-bond acceptors (Lipinski definition) is 4. The summed E-state index contributed by atoms with van der Waals surface area (Å²) in [7, 11) is 0. The van der Waals surface area contributed by atoms with Gasteiger partial charge in [-0.2, -0.15) is 13.2 Å². The fraction of sp³-hybridized carbons (Fsp3) is 0.581. The molecule has 0 N–H and O–H groups in total. The van der Waals surface area contributed by atoms with Crippen LogP contribution in [-0.4, -0.2) is 79.6 Å². The first-order valence-electron chi connectivity index (χ1n) is 14.3. The van der Waals surface area contributed by atoms with Crippen molar-refractivity contribution in [3.63, 3.8) is 0 Å². The zero-order valence-electron chi connectivity index (χ0n) is 23.9. The standard InChI is InChI=1S/C31H44F3N3O2/c1-5-15-35(16-6-2)17-7-23-39-29-13-10-26(24(3)25(29)4)14-18-36-19-21-37(22-20-36)30(38)27-8-11-28(12-9-27)31(32,33)34/h8-13H,5-7,14-23H2,1-4H3. The van der Waals surface area contributed by atoms with Crippen LogP contribution in [0.4, 0.5) is 13.2 Å². The minimum atomic E-state index is -4.40. The summed E-state index contributed by atoms with van der Waals surface area (Å²) in [6.45, 7) is 16.3. The second-order valence-corrected chi connectivity index (χ2v) is 10.5. The molecular formula is C31H44F3N3O2. The van der Waals surface area contributed by atoms with E-state index < -0.39 is 11.7 Å². The number of rotatable bonds is 13. The Morgan fingerprint density at radius 1 is 0.897 bits per heavy atom. The van der Waals surface area contributed by atoms with E-state index in [0.29, 0.717) is 18.7 Å². The summed E-state index contributed by atoms with van der Waals surface area (Å²) >= 11 is 0. The molecule has 2 aromatic rings. The Bertz CT molecular complexity index is 1040. The Morgan fingerprint density at radius 2 is 1.54 bits per heavy atom. The number of ether oxygens (including phenoxy) is 1. The van der Waals surface area contributed by atoms with Gasteiger partial charge in [-0.25, -0.2) is 0 Å². The van der Waals surface area contributed by atoms with Crippen LogP contribution in [0.1, 0.15) is 65.7 Å². The molecule has 0 radical (unpaired) electrons. The van der Waals surface area contributed by atoms with Crippen molar-refractivity contribution in [3.8, 4) is 5.75 Å². The fourth-order valence-corrected chi connectivity index (χ4v) is 5.15. The first-order chi connectivity index (χ1) is 18.6. The molecule has 2 aromatic carbocycles. The van der Waals surface area contributed by atoms with E-state index in [1.165, 1.54) is 41.7 Å². The summed E-state index contributed by atoms with van der Waals surface area (Å²) < 4.78 is 44.5. The van der Waals surface area contributed by atoms with Crippen molar-refractivity contribution in [1.29, 1.82) is 0 Å². The van der Waals surface area contributed by atoms with E-state index in [9.17, 15) is 18.0 Å². The Labute approximate surface area is 231 Å². The van der Waals surface area contributed by atoms with Crippen LogP contribution in [0.5, 0.6) is 5.75 Å². The summed E-state index contributed by atoms with van der Waals surface area (Å²) in [4.78, 5) is 19.3. The lowest BCUT2D eigenvalue weighted by Crippen LogP contribution is -2.49. The average Bonchev–Trinajstić information content (AvgIpc) is 2.92. The Hall–Kier alpha value is -2.58. The number of amides is 1. The van der Waals surface area contributed by atoms with Crippen molar-refractivity contribution in [1.82, 2.24) is 14.7 Å². The molecule has 0 bridgehead atoms. The number of carbonyl (C=O) groups is 1. The van der Waals surface area contributed by atoms with Crippen LogP contribution in [0, 0.1) is 13.8 Å². The van der Waals surface area contributed by atoms with E-state index in [1.807, 2.05) is 0 Å². The molecule has 0 unspecified atom stereocenters. The quantitative estimate of drug-likeness (QED) is 0.279. The third-order valence-electron chi connectivity index (χ3n) is 7.62. The smallest absolute Gasteiger partial charge is 0.416 e. The lowest BCUT2D eigenvalue weighted by atomic mass is 9.99. The molecule has 39 heavy (non-hydrogen) atoms. The molecule has 8 heteroatoms. The van der Waals surface area contributed by atoms with Gasteiger partial charge >= 0.3 is 6.18 Å². The van der Waals surface area contributed by atoms with E-state index in [-0.39, 0.29) is 5.91 Å². The van der Waals surface area contributed by atoms with Gasteiger partial charge in [0.05, 0.1) is 12.2 Å². The van der Waals surface area contributed by atoms with E-state index in [2.05, 4.69) is 49.6 Å². The van der Waals surface area contributed by atoms with Crippen LogP contribution in [0.15, 0.2) is 36.4 Å². The van der Waals surface area contributed by atoms with Crippen molar-refractivity contribution in [3.05, 3.63) is 64.2 Å². The predicted molar refractivity (Wildman–Crippen MR) is 151 cm³/mol. The minimum absolute atomic E-state index is 0.214. The zero-order valence-corrected chi connectivity index (χ0v) is 23.9. The number of piperazine rings is 1. The largest absolute Gasteiger partial charge is 0.493 e. The third kappa shape index (κ3) is 8.97. The van der Waals surface area contributed by atoms with Crippen molar-refractivity contribution < 1.29 is 22.7 Å². The van der Waals surface area contributed by atoms with Gasteiger partial charge in [-0.3, -0.25) is 9.69 Å². The van der Waals surface area contributed by atoms with Crippen LogP contribution >= 0.6 is 0 Å². The first kappa shape index (κ1) is 31.0. The van der Waals surface area contributed by atoms with Crippen molar-refractivity contribution in [2.24, 2.45) is 0 Å². The molecule has 0 saturated carbocycles. The van der Waals surface area contributed by atoms with E-state index in [0.717, 1.165) is 76.6 Å². The monoisotopic (exact) mass is 547 g/mol. The number of nitrogens with zero attached hydrogens (tertiary/aromatic N) is 3. The summed E-state index contributed by atoms with van der Waals surface area (Å²) in [6, 6.07) is 8.74. The highest BCUT2D eigenvalue weighted by Crippen LogP contribution is 2.29. The van der Waals surface area contributed by atoms with Gasteiger partial charge in [-0.1, -0.05) is 19.9 Å². The highest BCUT2D eigenvalue weighted by atomic mass is 19.4. The van der Waals surface area contributed by atoms with Gasteiger partial charge in [0.2, 0.25) is 0 Å². The maximum absolute atomic E-state index is 12.8. The lowest BCUT2D eigenvalue weighted by molar-refractivity contribution is -0.137. The van der Waals surface area contributed by atoms with Crippen LogP contribution in [0.2, 0.25) is 0 Å². The van der Waals surface area contributed by atoms with E-state index >= 15 is 0 Å². The molecule has 1 saturated heterocycles. The molecule has 0 aliphatic carbocycles. The highest BCUT2D eigenvalue weighted by Gasteiger charge is 2.30. The van der Waals surface area contributed by atoms with Crippen molar-refractivity contribution >= 4 is 5.91 Å². The van der Waals surface area contributed by atoms with Gasteiger partial charge < -0.3 is 14.5 Å². The maximum Gasteiger partial charge on any atom is 0.416 e. The number of benzene rings is 2. The molecule has 3 rings (SSSR count). The molecule has 5 nitrogen and oxygen atoms in total. The Kier molecular flexibility index (Phi) is 11.7. The maximum atomic E-state index is 12.8. The van der Waals surface area contributed by atoms with Crippen LogP contribution < -0.4 is 4.74 Å². The van der Waals surface area contributed by atoms with E-state index in [1.54, 1.807) is 4.90 Å². The van der Waals surface area contributed by atoms with Crippen molar-refractivity contribution in [2.45, 2.75) is 59.6 Å². The minimum Gasteiger partial charge on any atom is -0.493 e. The topological polar surface area (TPSA) is 36.0 Å². The number of alkyl halides is 3. The fourth-order valence-electron chi connectivity index (χ4n) is 5.15. The molecule has 0 aromatic heterocycles. The summed E-state index contributed by atoms with van der Waals surface area (Å²) in [6.07, 6.45) is -0.105.